The molecule has 1 aliphatic heterocycles. The van der Waals surface area contributed by atoms with Crippen molar-refractivity contribution in [3.8, 4) is 0 Å². The fraction of sp³-hybridized carbons (Fsp3) is 0.364. The number of fused-ring (bicyclic) bond motifs is 1. The van der Waals surface area contributed by atoms with Crippen molar-refractivity contribution in [1.82, 2.24) is 9.97 Å². The van der Waals surface area contributed by atoms with E-state index in [1.165, 1.54) is 11.6 Å². The highest BCUT2D eigenvalue weighted by molar-refractivity contribution is 9.10. The maximum Gasteiger partial charge on any atom is 0.165 e. The van der Waals surface area contributed by atoms with Gasteiger partial charge in [0.25, 0.3) is 0 Å². The third-order valence-electron chi connectivity index (χ3n) is 5.24. The lowest BCUT2D eigenvalue weighted by molar-refractivity contribution is 0.610. The van der Waals surface area contributed by atoms with Crippen LogP contribution >= 0.6 is 15.9 Å². The Labute approximate surface area is 173 Å². The molecule has 0 spiro atoms. The number of rotatable bonds is 3. The summed E-state index contributed by atoms with van der Waals surface area (Å²) in [6.45, 7) is 7.63. The van der Waals surface area contributed by atoms with Gasteiger partial charge in [-0.3, -0.25) is 0 Å². The van der Waals surface area contributed by atoms with Crippen molar-refractivity contribution in [3.05, 3.63) is 58.4 Å². The molecule has 146 valence electrons. The molecular weight excluding hydrogens is 419 g/mol. The highest BCUT2D eigenvalue weighted by Crippen LogP contribution is 2.31. The fourth-order valence-corrected chi connectivity index (χ4v) is 4.16. The van der Waals surface area contributed by atoms with Gasteiger partial charge in [-0.2, -0.15) is 0 Å². The number of hydrogen-bond donors (Lipinski definition) is 0. The lowest BCUT2D eigenvalue weighted by atomic mass is 10.0. The number of aromatic nitrogens is 2. The second kappa shape index (κ2) is 8.03. The molecule has 3 aromatic rings. The summed E-state index contributed by atoms with van der Waals surface area (Å²) >= 11 is 3.55. The molecule has 0 atom stereocenters. The number of nitrogens with zero attached hydrogens (tertiary/aromatic N) is 4. The Hall–Kier alpha value is -2.21. The van der Waals surface area contributed by atoms with Crippen molar-refractivity contribution in [2.45, 2.75) is 26.2 Å². The van der Waals surface area contributed by atoms with Crippen LogP contribution in [0.2, 0.25) is 0 Å². The Morgan fingerprint density at radius 1 is 1.00 bits per heavy atom. The molecule has 0 aliphatic carbocycles. The molecule has 1 aromatic carbocycles. The van der Waals surface area contributed by atoms with Crippen LogP contribution in [0.3, 0.4) is 0 Å². The van der Waals surface area contributed by atoms with Gasteiger partial charge in [-0.25, -0.2) is 14.4 Å². The van der Waals surface area contributed by atoms with Crippen molar-refractivity contribution in [1.29, 1.82) is 0 Å². The van der Waals surface area contributed by atoms with Gasteiger partial charge in [0.1, 0.15) is 5.82 Å². The first kappa shape index (κ1) is 19.1. The van der Waals surface area contributed by atoms with Crippen LogP contribution in [-0.4, -0.2) is 36.1 Å². The molecule has 0 N–H and O–H groups in total. The minimum Gasteiger partial charge on any atom is -0.355 e. The standard InChI is InChI=1S/C22H24BrFN4/c1-15(2)18-14-16-13-17(23)6-7-20(16)26-21(18)27-9-4-10-28(12-11-27)22-19(24)5-3-8-25-22/h3,5-8,13-15H,4,9-12H2,1-2H3. The zero-order chi connectivity index (χ0) is 19.7. The summed E-state index contributed by atoms with van der Waals surface area (Å²) in [4.78, 5) is 13.7. The average Bonchev–Trinajstić information content (AvgIpc) is 2.93. The maximum absolute atomic E-state index is 14.2. The molecule has 4 nitrogen and oxygen atoms in total. The summed E-state index contributed by atoms with van der Waals surface area (Å²) in [5, 5.41) is 1.15. The highest BCUT2D eigenvalue weighted by atomic mass is 79.9. The number of anilines is 2. The number of benzene rings is 1. The van der Waals surface area contributed by atoms with Crippen LogP contribution in [0.1, 0.15) is 31.7 Å². The van der Waals surface area contributed by atoms with Gasteiger partial charge in [-0.1, -0.05) is 29.8 Å². The Balaban J connectivity index is 1.65. The molecule has 0 amide bonds. The van der Waals surface area contributed by atoms with Crippen molar-refractivity contribution in [2.24, 2.45) is 0 Å². The third kappa shape index (κ3) is 3.83. The lowest BCUT2D eigenvalue weighted by Crippen LogP contribution is -2.32. The van der Waals surface area contributed by atoms with E-state index in [1.807, 2.05) is 11.0 Å². The SMILES string of the molecule is CC(C)c1cc2cc(Br)ccc2nc1N1CCCN(c2ncccc2F)CC1. The average molecular weight is 443 g/mol. The molecule has 4 rings (SSSR count). The van der Waals surface area contributed by atoms with Crippen LogP contribution in [0, 0.1) is 5.82 Å². The molecule has 1 aliphatic rings. The monoisotopic (exact) mass is 442 g/mol. The topological polar surface area (TPSA) is 32.3 Å². The van der Waals surface area contributed by atoms with Gasteiger partial charge in [0, 0.05) is 42.2 Å². The number of hydrogen-bond acceptors (Lipinski definition) is 4. The Morgan fingerprint density at radius 2 is 1.75 bits per heavy atom. The molecular formula is C22H24BrFN4. The summed E-state index contributed by atoms with van der Waals surface area (Å²) in [6, 6.07) is 11.6. The molecule has 0 saturated carbocycles. The smallest absolute Gasteiger partial charge is 0.165 e. The van der Waals surface area contributed by atoms with E-state index in [0.29, 0.717) is 11.7 Å². The second-order valence-corrected chi connectivity index (χ2v) is 8.45. The first-order valence-corrected chi connectivity index (χ1v) is 10.5. The maximum atomic E-state index is 14.2. The zero-order valence-corrected chi connectivity index (χ0v) is 17.8. The van der Waals surface area contributed by atoms with E-state index in [0.717, 1.165) is 53.8 Å². The van der Waals surface area contributed by atoms with Crippen molar-refractivity contribution >= 4 is 38.5 Å². The zero-order valence-electron chi connectivity index (χ0n) is 16.2. The Morgan fingerprint density at radius 3 is 2.46 bits per heavy atom. The third-order valence-corrected chi connectivity index (χ3v) is 5.73. The van der Waals surface area contributed by atoms with Crippen molar-refractivity contribution < 1.29 is 4.39 Å². The quantitative estimate of drug-likeness (QED) is 0.545. The minimum atomic E-state index is -0.256. The van der Waals surface area contributed by atoms with Gasteiger partial charge >= 0.3 is 0 Å². The molecule has 3 heterocycles. The lowest BCUT2D eigenvalue weighted by Gasteiger charge is -2.26. The summed E-state index contributed by atoms with van der Waals surface area (Å²) in [5.41, 5.74) is 2.25. The van der Waals surface area contributed by atoms with E-state index in [9.17, 15) is 4.39 Å². The van der Waals surface area contributed by atoms with Gasteiger partial charge in [0.05, 0.1) is 5.52 Å². The molecule has 2 aromatic heterocycles. The van der Waals surface area contributed by atoms with E-state index >= 15 is 0 Å². The van der Waals surface area contributed by atoms with Gasteiger partial charge in [-0.15, -0.1) is 0 Å². The molecule has 0 bridgehead atoms. The summed E-state index contributed by atoms with van der Waals surface area (Å²) in [6.07, 6.45) is 2.59. The summed E-state index contributed by atoms with van der Waals surface area (Å²) in [5.74, 6) is 1.62. The van der Waals surface area contributed by atoms with Crippen LogP contribution in [0.4, 0.5) is 16.0 Å². The molecule has 6 heteroatoms. The van der Waals surface area contributed by atoms with Crippen LogP contribution in [-0.2, 0) is 0 Å². The Kier molecular flexibility index (Phi) is 5.49. The molecule has 28 heavy (non-hydrogen) atoms. The van der Waals surface area contributed by atoms with E-state index in [2.05, 4.69) is 57.9 Å². The van der Waals surface area contributed by atoms with E-state index < -0.39 is 0 Å². The first-order valence-electron chi connectivity index (χ1n) is 9.73. The van der Waals surface area contributed by atoms with Crippen molar-refractivity contribution in [3.63, 3.8) is 0 Å². The first-order chi connectivity index (χ1) is 13.5. The largest absolute Gasteiger partial charge is 0.355 e. The number of pyridine rings is 2. The van der Waals surface area contributed by atoms with E-state index in [4.69, 9.17) is 4.98 Å². The predicted octanol–water partition coefficient (Wildman–Crippen LogP) is 5.37. The summed E-state index contributed by atoms with van der Waals surface area (Å²) in [7, 11) is 0. The van der Waals surface area contributed by atoms with Crippen LogP contribution in [0.25, 0.3) is 10.9 Å². The number of halogens is 2. The minimum absolute atomic E-state index is 0.256. The van der Waals surface area contributed by atoms with Gasteiger partial charge in [0.15, 0.2) is 11.6 Å². The van der Waals surface area contributed by atoms with Gasteiger partial charge < -0.3 is 9.80 Å². The highest BCUT2D eigenvalue weighted by Gasteiger charge is 2.22. The van der Waals surface area contributed by atoms with Crippen LogP contribution < -0.4 is 9.80 Å². The van der Waals surface area contributed by atoms with Gasteiger partial charge in [0.2, 0.25) is 0 Å². The Bertz CT molecular complexity index is 991. The molecule has 0 radical (unpaired) electrons. The van der Waals surface area contributed by atoms with E-state index in [-0.39, 0.29) is 5.82 Å². The molecule has 1 saturated heterocycles. The summed E-state index contributed by atoms with van der Waals surface area (Å²) < 4.78 is 15.2. The second-order valence-electron chi connectivity index (χ2n) is 7.53. The van der Waals surface area contributed by atoms with Crippen LogP contribution in [0.15, 0.2) is 47.1 Å². The predicted molar refractivity (Wildman–Crippen MR) is 117 cm³/mol. The molecule has 0 unspecified atom stereocenters. The fourth-order valence-electron chi connectivity index (χ4n) is 3.78. The van der Waals surface area contributed by atoms with Gasteiger partial charge in [-0.05, 0) is 54.3 Å². The van der Waals surface area contributed by atoms with E-state index in [1.54, 1.807) is 12.3 Å². The van der Waals surface area contributed by atoms with Crippen LogP contribution in [0.5, 0.6) is 0 Å². The normalized spacial score (nSPS) is 15.3. The van der Waals surface area contributed by atoms with Crippen molar-refractivity contribution in [2.75, 3.05) is 36.0 Å². The molecule has 1 fully saturated rings.